The lowest BCUT2D eigenvalue weighted by atomic mass is 9.79. The van der Waals surface area contributed by atoms with Crippen LogP contribution in [0.4, 0.5) is 4.39 Å². The Kier molecular flexibility index (Phi) is 4.67. The Balaban J connectivity index is 2.08. The lowest BCUT2D eigenvalue weighted by Gasteiger charge is -2.23. The Morgan fingerprint density at radius 3 is 2.83 bits per heavy atom. The normalized spacial score (nSPS) is 19.5. The summed E-state index contributed by atoms with van der Waals surface area (Å²) in [7, 11) is 0.406. The first-order valence-electron chi connectivity index (χ1n) is 6.00. The third-order valence-corrected chi connectivity index (χ3v) is 4.38. The highest BCUT2D eigenvalue weighted by atomic mass is 32.2. The molecule has 98 valence electrons. The Bertz CT molecular complexity index is 413. The molecule has 1 fully saturated rings. The molecule has 1 aliphatic heterocycles. The minimum Gasteiger partial charge on any atom is -0.423 e. The molecule has 18 heavy (non-hydrogen) atoms. The summed E-state index contributed by atoms with van der Waals surface area (Å²) >= 11 is 1.94. The topological polar surface area (TPSA) is 43.7 Å². The van der Waals surface area contributed by atoms with Gasteiger partial charge in [0.2, 0.25) is 0 Å². The SMILES string of the molecule is CN(Cc1cc(F)cc(B(O)O)c1)C1CCSC1. The number of hydrogen-bond donors (Lipinski definition) is 2. The van der Waals surface area contributed by atoms with Gasteiger partial charge in [-0.3, -0.25) is 4.90 Å². The van der Waals surface area contributed by atoms with Crippen LogP contribution in [0.3, 0.4) is 0 Å². The van der Waals surface area contributed by atoms with E-state index in [2.05, 4.69) is 4.90 Å². The smallest absolute Gasteiger partial charge is 0.423 e. The van der Waals surface area contributed by atoms with E-state index in [9.17, 15) is 4.39 Å². The van der Waals surface area contributed by atoms with E-state index in [1.54, 1.807) is 6.07 Å². The van der Waals surface area contributed by atoms with Gasteiger partial charge in [0.15, 0.2) is 0 Å². The molecule has 2 rings (SSSR count). The highest BCUT2D eigenvalue weighted by Crippen LogP contribution is 2.22. The van der Waals surface area contributed by atoms with E-state index >= 15 is 0 Å². The number of rotatable bonds is 4. The summed E-state index contributed by atoms with van der Waals surface area (Å²) in [4.78, 5) is 2.20. The molecule has 1 aromatic rings. The second-order valence-electron chi connectivity index (χ2n) is 4.70. The first-order chi connectivity index (χ1) is 8.56. The van der Waals surface area contributed by atoms with E-state index in [-0.39, 0.29) is 5.46 Å². The number of hydrogen-bond acceptors (Lipinski definition) is 4. The molecule has 0 amide bonds. The van der Waals surface area contributed by atoms with E-state index in [0.717, 1.165) is 23.8 Å². The number of thioether (sulfide) groups is 1. The first-order valence-corrected chi connectivity index (χ1v) is 7.15. The fraction of sp³-hybridized carbons (Fsp3) is 0.500. The Morgan fingerprint density at radius 1 is 1.44 bits per heavy atom. The highest BCUT2D eigenvalue weighted by Gasteiger charge is 2.21. The van der Waals surface area contributed by atoms with Crippen molar-refractivity contribution in [3.8, 4) is 0 Å². The predicted octanol–water partition coefficient (Wildman–Crippen LogP) is 0.443. The zero-order valence-electron chi connectivity index (χ0n) is 10.3. The summed E-state index contributed by atoms with van der Waals surface area (Å²) in [6.45, 7) is 0.628. The fourth-order valence-electron chi connectivity index (χ4n) is 2.20. The molecular weight excluding hydrogens is 252 g/mol. The maximum Gasteiger partial charge on any atom is 0.488 e. The van der Waals surface area contributed by atoms with Gasteiger partial charge in [-0.25, -0.2) is 4.39 Å². The molecule has 1 aromatic carbocycles. The maximum absolute atomic E-state index is 13.4. The molecule has 1 heterocycles. The van der Waals surface area contributed by atoms with E-state index < -0.39 is 12.9 Å². The van der Waals surface area contributed by atoms with Crippen molar-refractivity contribution in [1.82, 2.24) is 4.90 Å². The van der Waals surface area contributed by atoms with E-state index in [1.165, 1.54) is 11.8 Å². The second-order valence-corrected chi connectivity index (χ2v) is 5.85. The molecule has 1 aliphatic rings. The largest absolute Gasteiger partial charge is 0.488 e. The number of benzene rings is 1. The van der Waals surface area contributed by atoms with Crippen molar-refractivity contribution in [2.45, 2.75) is 19.0 Å². The van der Waals surface area contributed by atoms with E-state index in [4.69, 9.17) is 10.0 Å². The van der Waals surface area contributed by atoms with Crippen LogP contribution in [0.25, 0.3) is 0 Å². The lowest BCUT2D eigenvalue weighted by Crippen LogP contribution is -2.33. The van der Waals surface area contributed by atoms with Gasteiger partial charge in [0.1, 0.15) is 5.82 Å². The van der Waals surface area contributed by atoms with Gasteiger partial charge in [0, 0.05) is 18.3 Å². The number of halogens is 1. The van der Waals surface area contributed by atoms with Crippen LogP contribution in [-0.2, 0) is 6.54 Å². The molecule has 0 saturated carbocycles. The quantitative estimate of drug-likeness (QED) is 0.779. The van der Waals surface area contributed by atoms with Crippen LogP contribution in [0.1, 0.15) is 12.0 Å². The van der Waals surface area contributed by atoms with Crippen molar-refractivity contribution in [2.24, 2.45) is 0 Å². The summed E-state index contributed by atoms with van der Waals surface area (Å²) in [5, 5.41) is 18.2. The van der Waals surface area contributed by atoms with Gasteiger partial charge in [-0.05, 0) is 42.4 Å². The average molecular weight is 269 g/mol. The Labute approximate surface area is 111 Å². The average Bonchev–Trinajstić information content (AvgIpc) is 2.81. The van der Waals surface area contributed by atoms with E-state index in [0.29, 0.717) is 12.6 Å². The summed E-state index contributed by atoms with van der Waals surface area (Å²) in [5.74, 6) is 1.87. The second kappa shape index (κ2) is 6.06. The zero-order valence-corrected chi connectivity index (χ0v) is 11.2. The zero-order chi connectivity index (χ0) is 13.1. The van der Waals surface area contributed by atoms with Gasteiger partial charge >= 0.3 is 7.12 Å². The Morgan fingerprint density at radius 2 is 2.22 bits per heavy atom. The molecule has 0 spiro atoms. The third-order valence-electron chi connectivity index (χ3n) is 3.24. The van der Waals surface area contributed by atoms with Gasteiger partial charge < -0.3 is 10.0 Å². The third kappa shape index (κ3) is 3.48. The van der Waals surface area contributed by atoms with Crippen LogP contribution in [0.15, 0.2) is 18.2 Å². The van der Waals surface area contributed by atoms with Gasteiger partial charge in [0.05, 0.1) is 0 Å². The van der Waals surface area contributed by atoms with Gasteiger partial charge in [-0.1, -0.05) is 6.07 Å². The summed E-state index contributed by atoms with van der Waals surface area (Å²) in [5.41, 5.74) is 0.983. The molecule has 2 N–H and O–H groups in total. The standard InChI is InChI=1S/C12H17BFNO2S/c1-15(12-2-3-18-8-12)7-9-4-10(13(16)17)6-11(14)5-9/h4-6,12,16-17H,2-3,7-8H2,1H3. The predicted molar refractivity (Wildman–Crippen MR) is 73.4 cm³/mol. The molecule has 0 aromatic heterocycles. The lowest BCUT2D eigenvalue weighted by molar-refractivity contribution is 0.254. The van der Waals surface area contributed by atoms with Gasteiger partial charge in [-0.15, -0.1) is 0 Å². The molecule has 0 aliphatic carbocycles. The van der Waals surface area contributed by atoms with Crippen molar-refractivity contribution in [3.63, 3.8) is 0 Å². The van der Waals surface area contributed by atoms with Crippen molar-refractivity contribution in [1.29, 1.82) is 0 Å². The minimum absolute atomic E-state index is 0.208. The fourth-order valence-corrected chi connectivity index (χ4v) is 3.50. The molecule has 0 bridgehead atoms. The molecule has 6 heteroatoms. The molecular formula is C12H17BFNO2S. The minimum atomic E-state index is -1.62. The van der Waals surface area contributed by atoms with Crippen LogP contribution in [0.2, 0.25) is 0 Å². The van der Waals surface area contributed by atoms with Crippen molar-refractivity contribution in [2.75, 3.05) is 18.6 Å². The summed E-state index contributed by atoms with van der Waals surface area (Å²) in [6.07, 6.45) is 1.16. The number of nitrogens with zero attached hydrogens (tertiary/aromatic N) is 1. The van der Waals surface area contributed by atoms with Crippen molar-refractivity contribution in [3.05, 3.63) is 29.6 Å². The summed E-state index contributed by atoms with van der Waals surface area (Å²) in [6, 6.07) is 4.77. The molecule has 1 atom stereocenters. The Hall–Kier alpha value is -0.555. The highest BCUT2D eigenvalue weighted by molar-refractivity contribution is 7.99. The first kappa shape index (κ1) is 13.9. The van der Waals surface area contributed by atoms with Crippen LogP contribution >= 0.6 is 11.8 Å². The van der Waals surface area contributed by atoms with Gasteiger partial charge in [0.25, 0.3) is 0 Å². The molecule has 1 saturated heterocycles. The van der Waals surface area contributed by atoms with Crippen LogP contribution in [0.5, 0.6) is 0 Å². The molecule has 1 unspecified atom stereocenters. The van der Waals surface area contributed by atoms with Crippen molar-refractivity contribution >= 4 is 24.3 Å². The van der Waals surface area contributed by atoms with Crippen LogP contribution < -0.4 is 5.46 Å². The van der Waals surface area contributed by atoms with Crippen LogP contribution in [-0.4, -0.2) is 46.7 Å². The maximum atomic E-state index is 13.4. The summed E-state index contributed by atoms with van der Waals surface area (Å²) < 4.78 is 13.4. The molecule has 3 nitrogen and oxygen atoms in total. The van der Waals surface area contributed by atoms with Gasteiger partial charge in [-0.2, -0.15) is 11.8 Å². The van der Waals surface area contributed by atoms with Crippen LogP contribution in [0, 0.1) is 5.82 Å². The molecule has 0 radical (unpaired) electrons. The van der Waals surface area contributed by atoms with Crippen molar-refractivity contribution < 1.29 is 14.4 Å². The van der Waals surface area contributed by atoms with E-state index in [1.807, 2.05) is 18.8 Å². The monoisotopic (exact) mass is 269 g/mol.